The van der Waals surface area contributed by atoms with Crippen LogP contribution in [-0.4, -0.2) is 27.4 Å². The van der Waals surface area contributed by atoms with Crippen LogP contribution in [0.5, 0.6) is 11.5 Å². The van der Waals surface area contributed by atoms with Crippen molar-refractivity contribution >= 4 is 5.57 Å². The first-order chi connectivity index (χ1) is 14.6. The summed E-state index contributed by atoms with van der Waals surface area (Å²) < 4.78 is 16.6. The summed E-state index contributed by atoms with van der Waals surface area (Å²) in [7, 11) is 5.29. The fraction of sp³-hybridized carbons (Fsp3) is 0.407. The Bertz CT molecular complexity index is 954. The number of fused-ring (bicyclic) bond motifs is 1. The zero-order valence-corrected chi connectivity index (χ0v) is 18.5. The van der Waals surface area contributed by atoms with Gasteiger partial charge in [0, 0.05) is 7.11 Å². The smallest absolute Gasteiger partial charge is 0.119 e. The van der Waals surface area contributed by atoms with Crippen LogP contribution < -0.4 is 9.47 Å². The highest BCUT2D eigenvalue weighted by molar-refractivity contribution is 5.82. The third-order valence-corrected chi connectivity index (χ3v) is 6.82. The summed E-state index contributed by atoms with van der Waals surface area (Å²) in [5, 5.41) is 0. The van der Waals surface area contributed by atoms with E-state index in [4.69, 9.17) is 14.2 Å². The second-order valence-corrected chi connectivity index (χ2v) is 8.69. The molecule has 0 radical (unpaired) electrons. The monoisotopic (exact) mass is 404 g/mol. The molecule has 3 heteroatoms. The molecular formula is C27H32O3. The van der Waals surface area contributed by atoms with Crippen LogP contribution in [0.1, 0.15) is 43.7 Å². The van der Waals surface area contributed by atoms with E-state index in [1.807, 2.05) is 13.2 Å². The summed E-state index contributed by atoms with van der Waals surface area (Å²) in [6.07, 6.45) is 8.00. The van der Waals surface area contributed by atoms with Crippen molar-refractivity contribution in [1.29, 1.82) is 0 Å². The molecule has 4 rings (SSSR count). The molecule has 2 aromatic carbocycles. The first-order valence-corrected chi connectivity index (χ1v) is 10.8. The molecule has 0 heterocycles. The number of ether oxygens (including phenoxy) is 3. The number of hydrogen-bond acceptors (Lipinski definition) is 3. The standard InChI is InChI=1S/C27H32O3/c1-27-15-14-24(20-9-11-21(28-2)12-10-20)25(26(27)17-23(18-27)30-4)13-8-19-6-5-7-22(16-19)29-3/h5-7,9-12,14,16,23H,8,13,15,17-18H2,1-4H3/t23-,27-/m0/s1. The van der Waals surface area contributed by atoms with Crippen LogP contribution in [0.4, 0.5) is 0 Å². The molecule has 2 aliphatic rings. The van der Waals surface area contributed by atoms with E-state index in [0.717, 1.165) is 43.6 Å². The lowest BCUT2D eigenvalue weighted by Crippen LogP contribution is -2.20. The van der Waals surface area contributed by atoms with E-state index in [9.17, 15) is 0 Å². The molecule has 30 heavy (non-hydrogen) atoms. The third kappa shape index (κ3) is 4.04. The molecule has 3 nitrogen and oxygen atoms in total. The molecule has 0 saturated heterocycles. The Kier molecular flexibility index (Phi) is 6.01. The molecule has 1 fully saturated rings. The van der Waals surface area contributed by atoms with Crippen LogP contribution >= 0.6 is 0 Å². The average molecular weight is 405 g/mol. The molecule has 0 spiro atoms. The molecule has 2 aliphatic carbocycles. The van der Waals surface area contributed by atoms with E-state index in [1.165, 1.54) is 22.3 Å². The molecule has 0 unspecified atom stereocenters. The second-order valence-electron chi connectivity index (χ2n) is 8.69. The molecule has 1 saturated carbocycles. The Morgan fingerprint density at radius 1 is 0.933 bits per heavy atom. The quantitative estimate of drug-likeness (QED) is 0.547. The number of methoxy groups -OCH3 is 3. The minimum atomic E-state index is 0.209. The number of allylic oxidation sites excluding steroid dienone is 3. The Hall–Kier alpha value is -2.52. The minimum Gasteiger partial charge on any atom is -0.497 e. The molecular weight excluding hydrogens is 372 g/mol. The first-order valence-electron chi connectivity index (χ1n) is 10.8. The van der Waals surface area contributed by atoms with Crippen LogP contribution in [0.15, 0.2) is 65.8 Å². The molecule has 0 aromatic heterocycles. The van der Waals surface area contributed by atoms with Crippen molar-refractivity contribution in [2.45, 2.75) is 45.1 Å². The highest BCUT2D eigenvalue weighted by Gasteiger charge is 2.42. The molecule has 0 aliphatic heterocycles. The maximum Gasteiger partial charge on any atom is 0.119 e. The van der Waals surface area contributed by atoms with Crippen molar-refractivity contribution in [3.8, 4) is 11.5 Å². The van der Waals surface area contributed by atoms with Crippen molar-refractivity contribution in [1.82, 2.24) is 0 Å². The second kappa shape index (κ2) is 8.69. The van der Waals surface area contributed by atoms with Crippen molar-refractivity contribution in [3.05, 3.63) is 76.9 Å². The molecule has 2 aromatic rings. The van der Waals surface area contributed by atoms with E-state index in [1.54, 1.807) is 19.8 Å². The van der Waals surface area contributed by atoms with Gasteiger partial charge in [0.1, 0.15) is 11.5 Å². The number of rotatable bonds is 7. The van der Waals surface area contributed by atoms with Gasteiger partial charge in [-0.1, -0.05) is 42.8 Å². The van der Waals surface area contributed by atoms with Gasteiger partial charge >= 0.3 is 0 Å². The van der Waals surface area contributed by atoms with Crippen LogP contribution in [0.2, 0.25) is 0 Å². The summed E-state index contributed by atoms with van der Waals surface area (Å²) in [5.74, 6) is 1.82. The summed E-state index contributed by atoms with van der Waals surface area (Å²) >= 11 is 0. The van der Waals surface area contributed by atoms with Gasteiger partial charge in [-0.15, -0.1) is 0 Å². The molecule has 2 atom stereocenters. The van der Waals surface area contributed by atoms with Gasteiger partial charge < -0.3 is 14.2 Å². The van der Waals surface area contributed by atoms with Gasteiger partial charge in [0.25, 0.3) is 0 Å². The van der Waals surface area contributed by atoms with Gasteiger partial charge in [-0.05, 0) is 84.1 Å². The van der Waals surface area contributed by atoms with Crippen molar-refractivity contribution in [3.63, 3.8) is 0 Å². The summed E-state index contributed by atoms with van der Waals surface area (Å²) in [6.45, 7) is 2.41. The lowest BCUT2D eigenvalue weighted by atomic mass is 9.71. The Morgan fingerprint density at radius 3 is 2.40 bits per heavy atom. The normalized spacial score (nSPS) is 23.2. The average Bonchev–Trinajstić information content (AvgIpc) is 3.14. The maximum atomic E-state index is 5.79. The van der Waals surface area contributed by atoms with Gasteiger partial charge in [0.2, 0.25) is 0 Å². The number of hydrogen-bond donors (Lipinski definition) is 0. The Morgan fingerprint density at radius 2 is 1.70 bits per heavy atom. The fourth-order valence-corrected chi connectivity index (χ4v) is 5.09. The minimum absolute atomic E-state index is 0.209. The predicted molar refractivity (Wildman–Crippen MR) is 122 cm³/mol. The Balaban J connectivity index is 1.68. The van der Waals surface area contributed by atoms with E-state index in [2.05, 4.69) is 55.5 Å². The Labute approximate surface area is 180 Å². The largest absolute Gasteiger partial charge is 0.497 e. The van der Waals surface area contributed by atoms with Crippen molar-refractivity contribution in [2.75, 3.05) is 21.3 Å². The fourth-order valence-electron chi connectivity index (χ4n) is 5.09. The predicted octanol–water partition coefficient (Wildman–Crippen LogP) is 6.24. The lowest BCUT2D eigenvalue weighted by molar-refractivity contribution is 0.0977. The summed E-state index contributed by atoms with van der Waals surface area (Å²) in [5.41, 5.74) is 7.25. The van der Waals surface area contributed by atoms with Crippen LogP contribution in [0.25, 0.3) is 5.57 Å². The van der Waals surface area contributed by atoms with Gasteiger partial charge in [0.05, 0.1) is 20.3 Å². The molecule has 158 valence electrons. The zero-order chi connectivity index (χ0) is 21.1. The van der Waals surface area contributed by atoms with Crippen LogP contribution in [-0.2, 0) is 11.2 Å². The van der Waals surface area contributed by atoms with Crippen LogP contribution in [0.3, 0.4) is 0 Å². The first kappa shape index (κ1) is 20.7. The number of aryl methyl sites for hydroxylation is 1. The third-order valence-electron chi connectivity index (χ3n) is 6.82. The van der Waals surface area contributed by atoms with Gasteiger partial charge in [0.15, 0.2) is 0 Å². The van der Waals surface area contributed by atoms with Gasteiger partial charge in [-0.25, -0.2) is 0 Å². The summed E-state index contributed by atoms with van der Waals surface area (Å²) in [4.78, 5) is 0. The van der Waals surface area contributed by atoms with E-state index in [-0.39, 0.29) is 5.41 Å². The zero-order valence-electron chi connectivity index (χ0n) is 18.5. The van der Waals surface area contributed by atoms with Crippen molar-refractivity contribution in [2.24, 2.45) is 5.41 Å². The molecule has 0 N–H and O–H groups in total. The van der Waals surface area contributed by atoms with E-state index in [0.29, 0.717) is 6.10 Å². The highest BCUT2D eigenvalue weighted by atomic mass is 16.5. The van der Waals surface area contributed by atoms with E-state index >= 15 is 0 Å². The summed E-state index contributed by atoms with van der Waals surface area (Å²) in [6, 6.07) is 16.9. The van der Waals surface area contributed by atoms with Crippen LogP contribution in [0, 0.1) is 5.41 Å². The van der Waals surface area contributed by atoms with E-state index < -0.39 is 0 Å². The highest BCUT2D eigenvalue weighted by Crippen LogP contribution is 2.54. The van der Waals surface area contributed by atoms with Gasteiger partial charge in [-0.2, -0.15) is 0 Å². The van der Waals surface area contributed by atoms with Gasteiger partial charge in [-0.3, -0.25) is 0 Å². The molecule has 0 amide bonds. The topological polar surface area (TPSA) is 27.7 Å². The maximum absolute atomic E-state index is 5.79. The molecule has 0 bridgehead atoms. The number of benzene rings is 2. The van der Waals surface area contributed by atoms with Crippen molar-refractivity contribution < 1.29 is 14.2 Å². The lowest BCUT2D eigenvalue weighted by Gasteiger charge is -2.33. The SMILES string of the molecule is COc1ccc(C2=CC[C@@]3(C)C[C@@H](OC)CC3=C2CCc2cccc(OC)c2)cc1.